The number of ketones is 1. The predicted molar refractivity (Wildman–Crippen MR) is 94.7 cm³/mol. The standard InChI is InChI=1S/C20H21NO3/c1-2-3-11-21-13-17(16-5-4-6-18(23)20(16)21)19(24)12-14-7-9-15(22)10-8-14/h4-10,13,22-23H,2-3,11-12H2,1H3. The number of phenols is 2. The Morgan fingerprint density at radius 3 is 2.54 bits per heavy atom. The van der Waals surface area contributed by atoms with E-state index in [0.717, 1.165) is 35.9 Å². The number of aromatic hydroxyl groups is 2. The fourth-order valence-corrected chi connectivity index (χ4v) is 2.96. The number of unbranched alkanes of at least 4 members (excludes halogenated alkanes) is 1. The van der Waals surface area contributed by atoms with Gasteiger partial charge in [0.2, 0.25) is 0 Å². The van der Waals surface area contributed by atoms with Gasteiger partial charge in [-0.3, -0.25) is 4.79 Å². The van der Waals surface area contributed by atoms with Crippen LogP contribution in [0.5, 0.6) is 11.5 Å². The molecule has 0 radical (unpaired) electrons. The Morgan fingerprint density at radius 1 is 1.08 bits per heavy atom. The van der Waals surface area contributed by atoms with Crippen molar-refractivity contribution in [1.29, 1.82) is 0 Å². The number of hydrogen-bond acceptors (Lipinski definition) is 3. The first-order valence-electron chi connectivity index (χ1n) is 8.22. The van der Waals surface area contributed by atoms with Gasteiger partial charge in [0, 0.05) is 30.1 Å². The summed E-state index contributed by atoms with van der Waals surface area (Å²) in [5, 5.41) is 20.3. The highest BCUT2D eigenvalue weighted by molar-refractivity contribution is 6.09. The van der Waals surface area contributed by atoms with Gasteiger partial charge in [-0.05, 0) is 30.2 Å². The van der Waals surface area contributed by atoms with Gasteiger partial charge in [-0.2, -0.15) is 0 Å². The van der Waals surface area contributed by atoms with E-state index in [9.17, 15) is 15.0 Å². The van der Waals surface area contributed by atoms with Crippen LogP contribution in [0.15, 0.2) is 48.7 Å². The average molecular weight is 323 g/mol. The number of aromatic nitrogens is 1. The molecular weight excluding hydrogens is 302 g/mol. The number of fused-ring (bicyclic) bond motifs is 1. The van der Waals surface area contributed by atoms with E-state index in [1.54, 1.807) is 36.4 Å². The van der Waals surface area contributed by atoms with Gasteiger partial charge in [0.25, 0.3) is 0 Å². The SMILES string of the molecule is CCCCn1cc(C(=O)Cc2ccc(O)cc2)c2cccc(O)c21. The van der Waals surface area contributed by atoms with Crippen molar-refractivity contribution in [3.63, 3.8) is 0 Å². The van der Waals surface area contributed by atoms with E-state index in [4.69, 9.17) is 0 Å². The van der Waals surface area contributed by atoms with Crippen molar-refractivity contribution in [1.82, 2.24) is 4.57 Å². The smallest absolute Gasteiger partial charge is 0.169 e. The van der Waals surface area contributed by atoms with Crippen molar-refractivity contribution in [2.75, 3.05) is 0 Å². The summed E-state index contributed by atoms with van der Waals surface area (Å²) in [5.41, 5.74) is 2.21. The lowest BCUT2D eigenvalue weighted by Crippen LogP contribution is -2.03. The van der Waals surface area contributed by atoms with Gasteiger partial charge in [-0.25, -0.2) is 0 Å². The molecule has 4 heteroatoms. The highest BCUT2D eigenvalue weighted by Gasteiger charge is 2.17. The maximum absolute atomic E-state index is 12.8. The number of carbonyl (C=O) groups is 1. The van der Waals surface area contributed by atoms with Crippen LogP contribution in [0.2, 0.25) is 0 Å². The molecule has 3 rings (SSSR count). The van der Waals surface area contributed by atoms with Gasteiger partial charge in [0.1, 0.15) is 11.5 Å². The van der Waals surface area contributed by atoms with Crippen LogP contribution in [0.3, 0.4) is 0 Å². The van der Waals surface area contributed by atoms with Crippen LogP contribution in [0.4, 0.5) is 0 Å². The van der Waals surface area contributed by atoms with Crippen molar-refractivity contribution in [3.05, 3.63) is 59.8 Å². The number of hydrogen-bond donors (Lipinski definition) is 2. The van der Waals surface area contributed by atoms with Gasteiger partial charge >= 0.3 is 0 Å². The topological polar surface area (TPSA) is 62.5 Å². The molecule has 3 aromatic rings. The molecule has 0 bridgehead atoms. The molecule has 24 heavy (non-hydrogen) atoms. The Hall–Kier alpha value is -2.75. The number of nitrogens with zero attached hydrogens (tertiary/aromatic N) is 1. The summed E-state index contributed by atoms with van der Waals surface area (Å²) >= 11 is 0. The summed E-state index contributed by atoms with van der Waals surface area (Å²) in [7, 11) is 0. The third kappa shape index (κ3) is 3.13. The Bertz CT molecular complexity index is 862. The number of carbonyl (C=O) groups excluding carboxylic acids is 1. The van der Waals surface area contributed by atoms with Crippen molar-refractivity contribution in [3.8, 4) is 11.5 Å². The van der Waals surface area contributed by atoms with E-state index in [1.165, 1.54) is 0 Å². The van der Waals surface area contributed by atoms with Gasteiger partial charge in [-0.1, -0.05) is 37.6 Å². The van der Waals surface area contributed by atoms with Crippen LogP contribution in [-0.4, -0.2) is 20.6 Å². The van der Waals surface area contributed by atoms with E-state index in [-0.39, 0.29) is 23.7 Å². The maximum Gasteiger partial charge on any atom is 0.169 e. The summed E-state index contributed by atoms with van der Waals surface area (Å²) in [4.78, 5) is 12.8. The minimum absolute atomic E-state index is 0.00605. The van der Waals surface area contributed by atoms with Crippen LogP contribution >= 0.6 is 0 Å². The zero-order chi connectivity index (χ0) is 17.1. The molecule has 0 spiro atoms. The minimum atomic E-state index is 0.00605. The molecule has 0 aliphatic heterocycles. The van der Waals surface area contributed by atoms with E-state index < -0.39 is 0 Å². The average Bonchev–Trinajstić information content (AvgIpc) is 2.95. The first-order chi connectivity index (χ1) is 11.6. The predicted octanol–water partition coefficient (Wildman–Crippen LogP) is 4.28. The lowest BCUT2D eigenvalue weighted by Gasteiger charge is -2.04. The molecule has 1 heterocycles. The van der Waals surface area contributed by atoms with Gasteiger partial charge < -0.3 is 14.8 Å². The molecule has 0 amide bonds. The normalized spacial score (nSPS) is 11.0. The van der Waals surface area contributed by atoms with E-state index in [2.05, 4.69) is 6.92 Å². The second kappa shape index (κ2) is 6.79. The molecule has 0 aliphatic rings. The van der Waals surface area contributed by atoms with Crippen molar-refractivity contribution in [2.45, 2.75) is 32.7 Å². The monoisotopic (exact) mass is 323 g/mol. The third-order valence-corrected chi connectivity index (χ3v) is 4.23. The highest BCUT2D eigenvalue weighted by atomic mass is 16.3. The first kappa shape index (κ1) is 16.1. The summed E-state index contributed by atoms with van der Waals surface area (Å²) in [6.45, 7) is 2.89. The first-order valence-corrected chi connectivity index (χ1v) is 8.22. The van der Waals surface area contributed by atoms with E-state index in [1.807, 2.05) is 16.8 Å². The number of para-hydroxylation sites is 1. The molecule has 0 saturated carbocycles. The Balaban J connectivity index is 1.97. The summed E-state index contributed by atoms with van der Waals surface area (Å²) in [5.74, 6) is 0.395. The van der Waals surface area contributed by atoms with Crippen molar-refractivity contribution >= 4 is 16.7 Å². The quantitative estimate of drug-likeness (QED) is 0.666. The highest BCUT2D eigenvalue weighted by Crippen LogP contribution is 2.30. The molecule has 2 N–H and O–H groups in total. The van der Waals surface area contributed by atoms with E-state index >= 15 is 0 Å². The van der Waals surface area contributed by atoms with Crippen molar-refractivity contribution < 1.29 is 15.0 Å². The minimum Gasteiger partial charge on any atom is -0.508 e. The lowest BCUT2D eigenvalue weighted by atomic mass is 10.0. The second-order valence-electron chi connectivity index (χ2n) is 6.03. The molecule has 0 unspecified atom stereocenters. The molecule has 124 valence electrons. The van der Waals surface area contributed by atoms with Crippen LogP contribution in [-0.2, 0) is 13.0 Å². The van der Waals surface area contributed by atoms with Crippen LogP contribution in [0.1, 0.15) is 35.7 Å². The Morgan fingerprint density at radius 2 is 1.83 bits per heavy atom. The number of aryl methyl sites for hydroxylation is 1. The number of phenolic OH excluding ortho intramolecular Hbond substituents is 2. The number of benzene rings is 2. The number of rotatable bonds is 6. The fourth-order valence-electron chi connectivity index (χ4n) is 2.96. The summed E-state index contributed by atoms with van der Waals surface area (Å²) in [6.07, 6.45) is 4.15. The van der Waals surface area contributed by atoms with Gasteiger partial charge in [0.05, 0.1) is 5.52 Å². The summed E-state index contributed by atoms with van der Waals surface area (Å²) < 4.78 is 1.97. The molecule has 0 atom stereocenters. The molecule has 0 saturated heterocycles. The zero-order valence-corrected chi connectivity index (χ0v) is 13.7. The lowest BCUT2D eigenvalue weighted by molar-refractivity contribution is 0.0994. The molecule has 1 aromatic heterocycles. The van der Waals surface area contributed by atoms with E-state index in [0.29, 0.717) is 5.56 Å². The van der Waals surface area contributed by atoms with Crippen molar-refractivity contribution in [2.24, 2.45) is 0 Å². The molecular formula is C20H21NO3. The molecule has 4 nitrogen and oxygen atoms in total. The Kier molecular flexibility index (Phi) is 4.56. The maximum atomic E-state index is 12.8. The number of Topliss-reactive ketones (excluding diaryl/α,β-unsaturated/α-hetero) is 1. The van der Waals surface area contributed by atoms with Gasteiger partial charge in [-0.15, -0.1) is 0 Å². The van der Waals surface area contributed by atoms with Crippen LogP contribution in [0.25, 0.3) is 10.9 Å². The fraction of sp³-hybridized carbons (Fsp3) is 0.250. The molecule has 2 aromatic carbocycles. The van der Waals surface area contributed by atoms with Crippen LogP contribution in [0, 0.1) is 0 Å². The molecule has 0 aliphatic carbocycles. The zero-order valence-electron chi connectivity index (χ0n) is 13.7. The van der Waals surface area contributed by atoms with Crippen LogP contribution < -0.4 is 0 Å². The van der Waals surface area contributed by atoms with Gasteiger partial charge in [0.15, 0.2) is 5.78 Å². The summed E-state index contributed by atoms with van der Waals surface area (Å²) in [6, 6.07) is 12.0. The Labute approximate surface area is 141 Å². The second-order valence-corrected chi connectivity index (χ2v) is 6.03. The molecule has 0 fully saturated rings. The third-order valence-electron chi connectivity index (χ3n) is 4.23. The largest absolute Gasteiger partial charge is 0.508 e.